The Morgan fingerprint density at radius 3 is 2.44 bits per heavy atom. The van der Waals surface area contributed by atoms with E-state index in [1.165, 1.54) is 5.56 Å². The first kappa shape index (κ1) is 13.1. The third kappa shape index (κ3) is 4.73. The van der Waals surface area contributed by atoms with Gasteiger partial charge in [-0.1, -0.05) is 13.8 Å². The molecule has 0 saturated heterocycles. The summed E-state index contributed by atoms with van der Waals surface area (Å²) in [6.07, 6.45) is 3.69. The third-order valence-electron chi connectivity index (χ3n) is 2.76. The second kappa shape index (κ2) is 6.61. The number of pyridine rings is 1. The van der Waals surface area contributed by atoms with E-state index in [1.54, 1.807) is 0 Å². The summed E-state index contributed by atoms with van der Waals surface area (Å²) < 4.78 is 0. The van der Waals surface area contributed by atoms with Crippen LogP contribution < -0.4 is 5.32 Å². The van der Waals surface area contributed by atoms with Crippen molar-refractivity contribution in [3.8, 4) is 0 Å². The summed E-state index contributed by atoms with van der Waals surface area (Å²) in [7, 11) is 2.16. The Morgan fingerprint density at radius 2 is 1.88 bits per heavy atom. The molecule has 3 heteroatoms. The van der Waals surface area contributed by atoms with E-state index in [9.17, 15) is 0 Å². The van der Waals surface area contributed by atoms with Crippen molar-refractivity contribution >= 4 is 0 Å². The first-order chi connectivity index (χ1) is 7.59. The molecule has 0 radical (unpaired) electrons. The van der Waals surface area contributed by atoms with Gasteiger partial charge in [-0.15, -0.1) is 0 Å². The predicted octanol–water partition coefficient (Wildman–Crippen LogP) is 1.90. The van der Waals surface area contributed by atoms with E-state index in [1.807, 2.05) is 12.4 Å². The van der Waals surface area contributed by atoms with Gasteiger partial charge < -0.3 is 5.32 Å². The number of hydrogen-bond acceptors (Lipinski definition) is 3. The first-order valence-corrected chi connectivity index (χ1v) is 5.92. The maximum Gasteiger partial charge on any atom is 0.0271 e. The number of nitrogens with zero attached hydrogens (tertiary/aromatic N) is 2. The van der Waals surface area contributed by atoms with Crippen LogP contribution in [0.5, 0.6) is 0 Å². The van der Waals surface area contributed by atoms with Gasteiger partial charge in [0, 0.05) is 37.6 Å². The quantitative estimate of drug-likeness (QED) is 0.795. The second-order valence-electron chi connectivity index (χ2n) is 4.68. The molecular weight excluding hydrogens is 198 g/mol. The molecule has 0 amide bonds. The largest absolute Gasteiger partial charge is 0.313 e. The summed E-state index contributed by atoms with van der Waals surface area (Å²) in [4.78, 5) is 6.38. The zero-order valence-corrected chi connectivity index (χ0v) is 10.8. The van der Waals surface area contributed by atoms with Crippen LogP contribution in [0.3, 0.4) is 0 Å². The Morgan fingerprint density at radius 1 is 1.25 bits per heavy atom. The molecule has 0 aliphatic rings. The number of nitrogens with one attached hydrogen (secondary N) is 1. The third-order valence-corrected chi connectivity index (χ3v) is 2.76. The highest BCUT2D eigenvalue weighted by molar-refractivity contribution is 5.09. The van der Waals surface area contributed by atoms with Gasteiger partial charge in [0.15, 0.2) is 0 Å². The normalized spacial score (nSPS) is 13.4. The molecule has 1 rings (SSSR count). The Bertz CT molecular complexity index is 284. The Labute approximate surface area is 98.9 Å². The fourth-order valence-corrected chi connectivity index (χ4v) is 1.49. The highest BCUT2D eigenvalue weighted by Crippen LogP contribution is 2.04. The molecule has 0 aromatic carbocycles. The lowest BCUT2D eigenvalue weighted by Gasteiger charge is -2.25. The van der Waals surface area contributed by atoms with Crippen molar-refractivity contribution < 1.29 is 0 Å². The summed E-state index contributed by atoms with van der Waals surface area (Å²) in [6, 6.07) is 5.23. The summed E-state index contributed by atoms with van der Waals surface area (Å²) >= 11 is 0. The van der Waals surface area contributed by atoms with E-state index >= 15 is 0 Å². The minimum Gasteiger partial charge on any atom is -0.313 e. The molecule has 0 fully saturated rings. The highest BCUT2D eigenvalue weighted by atomic mass is 15.1. The molecule has 0 saturated carbocycles. The monoisotopic (exact) mass is 221 g/mol. The minimum absolute atomic E-state index is 0.538. The standard InChI is InChI=1S/C13H23N3/c1-11(2)15-9-12(3)16(4)10-13-5-7-14-8-6-13/h5-8,11-12,15H,9-10H2,1-4H3. The highest BCUT2D eigenvalue weighted by Gasteiger charge is 2.09. The van der Waals surface area contributed by atoms with Crippen LogP contribution in [0.1, 0.15) is 26.3 Å². The van der Waals surface area contributed by atoms with Crippen LogP contribution in [0.4, 0.5) is 0 Å². The lowest BCUT2D eigenvalue weighted by Crippen LogP contribution is -2.39. The van der Waals surface area contributed by atoms with E-state index in [2.05, 4.69) is 55.2 Å². The van der Waals surface area contributed by atoms with Crippen LogP contribution >= 0.6 is 0 Å². The van der Waals surface area contributed by atoms with Crippen LogP contribution in [-0.2, 0) is 6.54 Å². The molecule has 0 bridgehead atoms. The summed E-state index contributed by atoms with van der Waals surface area (Å²) in [6.45, 7) is 8.60. The maximum atomic E-state index is 4.03. The molecule has 1 N–H and O–H groups in total. The van der Waals surface area contributed by atoms with Crippen LogP contribution in [-0.4, -0.2) is 35.6 Å². The van der Waals surface area contributed by atoms with Crippen LogP contribution in [0.15, 0.2) is 24.5 Å². The lowest BCUT2D eigenvalue weighted by atomic mass is 10.2. The molecule has 0 spiro atoms. The van der Waals surface area contributed by atoms with Gasteiger partial charge in [0.05, 0.1) is 0 Å². The Kier molecular flexibility index (Phi) is 5.43. The van der Waals surface area contributed by atoms with E-state index in [0.717, 1.165) is 13.1 Å². The van der Waals surface area contributed by atoms with Gasteiger partial charge in [-0.2, -0.15) is 0 Å². The van der Waals surface area contributed by atoms with E-state index in [4.69, 9.17) is 0 Å². The molecule has 1 aromatic heterocycles. The van der Waals surface area contributed by atoms with Gasteiger partial charge in [-0.3, -0.25) is 9.88 Å². The fraction of sp³-hybridized carbons (Fsp3) is 0.615. The molecule has 1 heterocycles. The summed E-state index contributed by atoms with van der Waals surface area (Å²) in [5, 5.41) is 3.46. The van der Waals surface area contributed by atoms with Crippen LogP contribution in [0.2, 0.25) is 0 Å². The Balaban J connectivity index is 2.37. The minimum atomic E-state index is 0.538. The van der Waals surface area contributed by atoms with Gasteiger partial charge in [0.2, 0.25) is 0 Å². The number of aromatic nitrogens is 1. The molecule has 16 heavy (non-hydrogen) atoms. The van der Waals surface area contributed by atoms with Gasteiger partial charge in [0.1, 0.15) is 0 Å². The maximum absolute atomic E-state index is 4.03. The average Bonchev–Trinajstić information content (AvgIpc) is 2.27. The molecular formula is C13H23N3. The topological polar surface area (TPSA) is 28.2 Å². The average molecular weight is 221 g/mol. The van der Waals surface area contributed by atoms with Crippen molar-refractivity contribution in [2.24, 2.45) is 0 Å². The molecule has 90 valence electrons. The SMILES string of the molecule is CC(C)NCC(C)N(C)Cc1ccncc1. The summed E-state index contributed by atoms with van der Waals surface area (Å²) in [5.74, 6) is 0. The number of likely N-dealkylation sites (N-methyl/N-ethyl adjacent to an activating group) is 1. The molecule has 1 unspecified atom stereocenters. The van der Waals surface area contributed by atoms with Crippen molar-refractivity contribution in [2.45, 2.75) is 39.4 Å². The van der Waals surface area contributed by atoms with Crippen molar-refractivity contribution in [1.29, 1.82) is 0 Å². The van der Waals surface area contributed by atoms with Crippen molar-refractivity contribution in [1.82, 2.24) is 15.2 Å². The lowest BCUT2D eigenvalue weighted by molar-refractivity contribution is 0.239. The van der Waals surface area contributed by atoms with Crippen molar-refractivity contribution in [2.75, 3.05) is 13.6 Å². The first-order valence-electron chi connectivity index (χ1n) is 5.92. The molecule has 0 aliphatic carbocycles. The molecule has 0 aliphatic heterocycles. The molecule has 1 atom stereocenters. The van der Waals surface area contributed by atoms with Crippen molar-refractivity contribution in [3.05, 3.63) is 30.1 Å². The van der Waals surface area contributed by atoms with Crippen LogP contribution in [0.25, 0.3) is 0 Å². The van der Waals surface area contributed by atoms with E-state index in [-0.39, 0.29) is 0 Å². The van der Waals surface area contributed by atoms with E-state index in [0.29, 0.717) is 12.1 Å². The van der Waals surface area contributed by atoms with Crippen molar-refractivity contribution in [3.63, 3.8) is 0 Å². The Hall–Kier alpha value is -0.930. The van der Waals surface area contributed by atoms with Gasteiger partial charge in [-0.05, 0) is 31.7 Å². The van der Waals surface area contributed by atoms with Gasteiger partial charge in [-0.25, -0.2) is 0 Å². The number of rotatable bonds is 6. The van der Waals surface area contributed by atoms with E-state index < -0.39 is 0 Å². The smallest absolute Gasteiger partial charge is 0.0271 e. The fourth-order valence-electron chi connectivity index (χ4n) is 1.49. The van der Waals surface area contributed by atoms with Gasteiger partial charge in [0.25, 0.3) is 0 Å². The second-order valence-corrected chi connectivity index (χ2v) is 4.68. The zero-order valence-electron chi connectivity index (χ0n) is 10.8. The van der Waals surface area contributed by atoms with Crippen LogP contribution in [0, 0.1) is 0 Å². The van der Waals surface area contributed by atoms with Gasteiger partial charge >= 0.3 is 0 Å². The number of hydrogen-bond donors (Lipinski definition) is 1. The zero-order chi connectivity index (χ0) is 12.0. The predicted molar refractivity (Wildman–Crippen MR) is 68.3 cm³/mol. The molecule has 3 nitrogen and oxygen atoms in total. The molecule has 1 aromatic rings. The summed E-state index contributed by atoms with van der Waals surface area (Å²) in [5.41, 5.74) is 1.31.